The number of hydrogen-bond donors (Lipinski definition) is 2. The van der Waals surface area contributed by atoms with Crippen molar-refractivity contribution in [2.75, 3.05) is 67.5 Å². The van der Waals surface area contributed by atoms with Crippen molar-refractivity contribution < 1.29 is 18.8 Å². The summed E-state index contributed by atoms with van der Waals surface area (Å²) in [5.74, 6) is 1.06. The third kappa shape index (κ3) is 6.90. The van der Waals surface area contributed by atoms with Crippen LogP contribution in [0.25, 0.3) is 20.2 Å². The summed E-state index contributed by atoms with van der Waals surface area (Å²) < 4.78 is 25.3. The Hall–Kier alpha value is -4.82. The molecule has 48 heavy (non-hydrogen) atoms. The number of anilines is 3. The molecule has 5 aromatic rings. The summed E-state index contributed by atoms with van der Waals surface area (Å²) in [5, 5.41) is 7.60. The molecule has 11 nitrogen and oxygen atoms in total. The first kappa shape index (κ1) is 31.8. The van der Waals surface area contributed by atoms with Crippen LogP contribution in [0.4, 0.5) is 26.5 Å². The Balaban J connectivity index is 0.979. The van der Waals surface area contributed by atoms with Crippen LogP contribution in [-0.2, 0) is 9.59 Å². The number of hydrogen-bond acceptors (Lipinski definition) is 9. The van der Waals surface area contributed by atoms with E-state index in [2.05, 4.69) is 47.4 Å². The van der Waals surface area contributed by atoms with Crippen LogP contribution in [-0.4, -0.2) is 94.8 Å². The molecule has 1 unspecified atom stereocenters. The molecule has 2 fully saturated rings. The summed E-state index contributed by atoms with van der Waals surface area (Å²) in [4.78, 5) is 48.2. The van der Waals surface area contributed by atoms with Gasteiger partial charge in [-0.1, -0.05) is 30.3 Å². The molecule has 248 valence electrons. The maximum atomic E-state index is 13.9. The standard InChI is InChI=1S/C34H35FN8O3S2/c35-23-6-5-7-24(22-23)36-34(46)37-27(33(45)43-20-18-42(19-21-43)32-26-9-2-4-11-29(26)48-39-32)12-13-30(44)40-14-16-41(17-15-40)31-25-8-1-3-10-28(25)47-38-31/h1-11,22,27H,12-21H2,(H2,36,37,46). The van der Waals surface area contributed by atoms with Crippen LogP contribution in [0.3, 0.4) is 0 Å². The van der Waals surface area contributed by atoms with Gasteiger partial charge in [0.2, 0.25) is 11.8 Å². The van der Waals surface area contributed by atoms with Crippen LogP contribution in [0.2, 0.25) is 0 Å². The number of urea groups is 1. The lowest BCUT2D eigenvalue weighted by Crippen LogP contribution is -2.56. The number of nitrogens with one attached hydrogen (secondary N) is 2. The number of nitrogens with zero attached hydrogens (tertiary/aromatic N) is 6. The number of carbonyl (C=O) groups is 3. The molecule has 0 radical (unpaired) electrons. The predicted octanol–water partition coefficient (Wildman–Crippen LogP) is 5.01. The smallest absolute Gasteiger partial charge is 0.319 e. The second kappa shape index (κ2) is 14.1. The molecule has 2 N–H and O–H groups in total. The predicted molar refractivity (Wildman–Crippen MR) is 188 cm³/mol. The molecule has 2 aliphatic heterocycles. The van der Waals surface area contributed by atoms with Gasteiger partial charge in [0.15, 0.2) is 0 Å². The van der Waals surface area contributed by atoms with Crippen molar-refractivity contribution >= 4 is 78.4 Å². The van der Waals surface area contributed by atoms with Gasteiger partial charge in [-0.15, -0.1) is 0 Å². The van der Waals surface area contributed by atoms with Gasteiger partial charge in [-0.05, 0) is 72.0 Å². The van der Waals surface area contributed by atoms with E-state index in [1.807, 2.05) is 35.2 Å². The van der Waals surface area contributed by atoms with Gasteiger partial charge >= 0.3 is 6.03 Å². The molecule has 4 amide bonds. The minimum absolute atomic E-state index is 0.0665. The van der Waals surface area contributed by atoms with Crippen LogP contribution in [0.1, 0.15) is 12.8 Å². The van der Waals surface area contributed by atoms with Crippen LogP contribution in [0, 0.1) is 5.82 Å². The van der Waals surface area contributed by atoms with E-state index in [4.69, 9.17) is 0 Å². The van der Waals surface area contributed by atoms with Crippen molar-refractivity contribution in [3.05, 3.63) is 78.6 Å². The molecule has 2 saturated heterocycles. The molecule has 0 bridgehead atoms. The minimum atomic E-state index is -0.933. The van der Waals surface area contributed by atoms with Gasteiger partial charge in [0.05, 0.1) is 9.40 Å². The first-order valence-electron chi connectivity index (χ1n) is 16.0. The lowest BCUT2D eigenvalue weighted by atomic mass is 10.1. The summed E-state index contributed by atoms with van der Waals surface area (Å²) in [7, 11) is 0. The Morgan fingerprint density at radius 2 is 1.29 bits per heavy atom. The van der Waals surface area contributed by atoms with E-state index in [-0.39, 0.29) is 30.3 Å². The Morgan fingerprint density at radius 3 is 1.88 bits per heavy atom. The molecule has 2 aromatic heterocycles. The summed E-state index contributed by atoms with van der Waals surface area (Å²) in [5.41, 5.74) is 0.268. The number of fused-ring (bicyclic) bond motifs is 2. The Labute approximate surface area is 285 Å². The zero-order chi connectivity index (χ0) is 33.0. The van der Waals surface area contributed by atoms with Gasteiger partial charge in [0.25, 0.3) is 0 Å². The van der Waals surface area contributed by atoms with E-state index in [0.717, 1.165) is 31.8 Å². The highest BCUT2D eigenvalue weighted by Gasteiger charge is 2.31. The van der Waals surface area contributed by atoms with E-state index < -0.39 is 17.9 Å². The van der Waals surface area contributed by atoms with Crippen molar-refractivity contribution in [1.29, 1.82) is 0 Å². The number of aromatic nitrogens is 2. The summed E-state index contributed by atoms with van der Waals surface area (Å²) >= 11 is 2.93. The zero-order valence-electron chi connectivity index (χ0n) is 26.2. The van der Waals surface area contributed by atoms with E-state index in [1.165, 1.54) is 41.3 Å². The summed E-state index contributed by atoms with van der Waals surface area (Å²) in [6, 6.07) is 20.2. The highest BCUT2D eigenvalue weighted by Crippen LogP contribution is 2.31. The maximum absolute atomic E-state index is 13.9. The molecule has 0 spiro atoms. The lowest BCUT2D eigenvalue weighted by molar-refractivity contribution is -0.134. The third-order valence-corrected chi connectivity index (χ3v) is 10.5. The topological polar surface area (TPSA) is 114 Å². The fraction of sp³-hybridized carbons (Fsp3) is 0.324. The van der Waals surface area contributed by atoms with Gasteiger partial charge < -0.3 is 30.2 Å². The SMILES string of the molecule is O=C(Nc1cccc(F)c1)NC(CCC(=O)N1CCN(c2nsc3ccccc23)CC1)C(=O)N1CCN(c2nsc3ccccc23)CC1. The number of rotatable bonds is 8. The third-order valence-electron chi connectivity index (χ3n) is 8.87. The van der Waals surface area contributed by atoms with E-state index in [1.54, 1.807) is 11.0 Å². The van der Waals surface area contributed by atoms with Gasteiger partial charge in [-0.2, -0.15) is 8.75 Å². The molecule has 0 saturated carbocycles. The first-order chi connectivity index (χ1) is 23.4. The quantitative estimate of drug-likeness (QED) is 0.236. The number of benzene rings is 3. The van der Waals surface area contributed by atoms with Crippen LogP contribution in [0.5, 0.6) is 0 Å². The van der Waals surface area contributed by atoms with Crippen molar-refractivity contribution in [2.45, 2.75) is 18.9 Å². The van der Waals surface area contributed by atoms with Crippen molar-refractivity contribution in [2.24, 2.45) is 0 Å². The average molecular weight is 687 g/mol. The summed E-state index contributed by atoms with van der Waals surface area (Å²) in [6.45, 7) is 4.51. The number of amides is 4. The number of piperazine rings is 2. The highest BCUT2D eigenvalue weighted by atomic mass is 32.1. The zero-order valence-corrected chi connectivity index (χ0v) is 27.8. The van der Waals surface area contributed by atoms with Crippen molar-refractivity contribution in [3.8, 4) is 0 Å². The second-order valence-electron chi connectivity index (χ2n) is 11.9. The Morgan fingerprint density at radius 1 is 0.729 bits per heavy atom. The largest absolute Gasteiger partial charge is 0.352 e. The second-order valence-corrected chi connectivity index (χ2v) is 13.5. The number of halogens is 1. The van der Waals surface area contributed by atoms with Gasteiger partial charge in [-0.25, -0.2) is 9.18 Å². The fourth-order valence-electron chi connectivity index (χ4n) is 6.30. The monoisotopic (exact) mass is 686 g/mol. The molecular weight excluding hydrogens is 652 g/mol. The maximum Gasteiger partial charge on any atom is 0.319 e. The summed E-state index contributed by atoms with van der Waals surface area (Å²) in [6.07, 6.45) is 0.239. The number of carbonyl (C=O) groups excluding carboxylic acids is 3. The van der Waals surface area contributed by atoms with E-state index >= 15 is 0 Å². The molecule has 0 aliphatic carbocycles. The van der Waals surface area contributed by atoms with Gasteiger partial charge in [0, 0.05) is 75.2 Å². The van der Waals surface area contributed by atoms with E-state index in [0.29, 0.717) is 52.4 Å². The van der Waals surface area contributed by atoms with Crippen molar-refractivity contribution in [3.63, 3.8) is 0 Å². The molecule has 3 aromatic carbocycles. The van der Waals surface area contributed by atoms with Crippen LogP contribution < -0.4 is 20.4 Å². The molecule has 14 heteroatoms. The van der Waals surface area contributed by atoms with E-state index in [9.17, 15) is 18.8 Å². The van der Waals surface area contributed by atoms with Crippen LogP contribution in [0.15, 0.2) is 72.8 Å². The first-order valence-corrected chi connectivity index (χ1v) is 17.6. The fourth-order valence-corrected chi connectivity index (χ4v) is 7.89. The van der Waals surface area contributed by atoms with Gasteiger partial charge in [0.1, 0.15) is 23.5 Å². The lowest BCUT2D eigenvalue weighted by Gasteiger charge is -2.37. The molecule has 1 atom stereocenters. The molecular formula is C34H35FN8O3S2. The minimum Gasteiger partial charge on any atom is -0.352 e. The molecule has 7 rings (SSSR count). The normalized spacial score (nSPS) is 15.9. The molecule has 2 aliphatic rings. The van der Waals surface area contributed by atoms with Gasteiger partial charge in [-0.3, -0.25) is 9.59 Å². The molecule has 4 heterocycles. The van der Waals surface area contributed by atoms with Crippen molar-refractivity contribution in [1.82, 2.24) is 23.9 Å². The average Bonchev–Trinajstić information content (AvgIpc) is 3.75. The van der Waals surface area contributed by atoms with Crippen LogP contribution >= 0.6 is 23.1 Å². The Kier molecular flexibility index (Phi) is 9.34. The Bertz CT molecular complexity index is 1930. The highest BCUT2D eigenvalue weighted by molar-refractivity contribution is 7.14.